The van der Waals surface area contributed by atoms with Gasteiger partial charge in [-0.05, 0) is 50.0 Å². The zero-order valence-electron chi connectivity index (χ0n) is 13.2. The van der Waals surface area contributed by atoms with Crippen LogP contribution in [0, 0.1) is 17.3 Å². The predicted octanol–water partition coefficient (Wildman–Crippen LogP) is 2.50. The van der Waals surface area contributed by atoms with Gasteiger partial charge in [0.15, 0.2) is 0 Å². The summed E-state index contributed by atoms with van der Waals surface area (Å²) in [7, 11) is 2.25. The van der Waals surface area contributed by atoms with Crippen molar-refractivity contribution >= 4 is 0 Å². The fourth-order valence-electron chi connectivity index (χ4n) is 3.85. The van der Waals surface area contributed by atoms with E-state index in [1.54, 1.807) is 0 Å². The van der Waals surface area contributed by atoms with Gasteiger partial charge in [0, 0.05) is 25.7 Å². The number of nitrogens with two attached hydrogens (primary N) is 1. The SMILES string of the molecule is CC1C(N)CCC(CN(C)CC2CCCO2)C1(C)C. The maximum Gasteiger partial charge on any atom is 0.0702 e. The predicted molar refractivity (Wildman–Crippen MR) is 80.1 cm³/mol. The van der Waals surface area contributed by atoms with E-state index in [1.807, 2.05) is 0 Å². The molecule has 1 aliphatic heterocycles. The van der Waals surface area contributed by atoms with Crippen LogP contribution in [0.2, 0.25) is 0 Å². The zero-order chi connectivity index (χ0) is 14.0. The van der Waals surface area contributed by atoms with E-state index in [0.29, 0.717) is 23.5 Å². The fraction of sp³-hybridized carbons (Fsp3) is 1.00. The molecule has 0 radical (unpaired) electrons. The summed E-state index contributed by atoms with van der Waals surface area (Å²) in [6.45, 7) is 10.4. The van der Waals surface area contributed by atoms with Gasteiger partial charge in [-0.1, -0.05) is 20.8 Å². The third kappa shape index (κ3) is 3.50. The van der Waals surface area contributed by atoms with Crippen LogP contribution in [-0.2, 0) is 4.74 Å². The van der Waals surface area contributed by atoms with Crippen LogP contribution in [-0.4, -0.2) is 43.8 Å². The average molecular weight is 268 g/mol. The molecule has 112 valence electrons. The molecule has 1 saturated carbocycles. The first-order valence-corrected chi connectivity index (χ1v) is 7.97. The number of hydrogen-bond donors (Lipinski definition) is 1. The molecule has 2 N–H and O–H groups in total. The lowest BCUT2D eigenvalue weighted by atomic mass is 9.61. The van der Waals surface area contributed by atoms with Gasteiger partial charge in [-0.25, -0.2) is 0 Å². The molecule has 1 aliphatic carbocycles. The summed E-state index contributed by atoms with van der Waals surface area (Å²) in [6, 6.07) is 0.384. The summed E-state index contributed by atoms with van der Waals surface area (Å²) < 4.78 is 5.74. The summed E-state index contributed by atoms with van der Waals surface area (Å²) in [6.07, 6.45) is 5.40. The second-order valence-corrected chi connectivity index (χ2v) is 7.40. The standard InChI is InChI=1S/C16H32N2O/c1-12-15(17)8-7-13(16(12,2)3)10-18(4)11-14-6-5-9-19-14/h12-15H,5-11,17H2,1-4H3. The van der Waals surface area contributed by atoms with E-state index in [1.165, 1.54) is 32.2 Å². The van der Waals surface area contributed by atoms with Gasteiger partial charge in [0.05, 0.1) is 6.10 Å². The molecule has 0 aromatic rings. The maximum absolute atomic E-state index is 6.25. The van der Waals surface area contributed by atoms with Crippen molar-refractivity contribution in [3.05, 3.63) is 0 Å². The molecule has 4 atom stereocenters. The molecule has 4 unspecified atom stereocenters. The van der Waals surface area contributed by atoms with Crippen molar-refractivity contribution in [1.29, 1.82) is 0 Å². The minimum atomic E-state index is 0.350. The van der Waals surface area contributed by atoms with Crippen LogP contribution >= 0.6 is 0 Å². The van der Waals surface area contributed by atoms with Crippen LogP contribution in [0.1, 0.15) is 46.5 Å². The van der Waals surface area contributed by atoms with Gasteiger partial charge < -0.3 is 15.4 Å². The first kappa shape index (κ1) is 15.3. The van der Waals surface area contributed by atoms with Crippen molar-refractivity contribution in [3.63, 3.8) is 0 Å². The Morgan fingerprint density at radius 1 is 1.21 bits per heavy atom. The first-order chi connectivity index (χ1) is 8.91. The Morgan fingerprint density at radius 3 is 2.58 bits per heavy atom. The van der Waals surface area contributed by atoms with Crippen molar-refractivity contribution in [2.24, 2.45) is 23.0 Å². The number of ether oxygens (including phenoxy) is 1. The van der Waals surface area contributed by atoms with Crippen LogP contribution in [0.15, 0.2) is 0 Å². The Morgan fingerprint density at radius 2 is 1.95 bits per heavy atom. The molecule has 1 saturated heterocycles. The largest absolute Gasteiger partial charge is 0.377 e. The van der Waals surface area contributed by atoms with Gasteiger partial charge in [-0.15, -0.1) is 0 Å². The van der Waals surface area contributed by atoms with E-state index in [4.69, 9.17) is 10.5 Å². The number of likely N-dealkylation sites (N-methyl/N-ethyl adjacent to an activating group) is 1. The molecular formula is C16H32N2O. The second-order valence-electron chi connectivity index (χ2n) is 7.40. The normalized spacial score (nSPS) is 38.8. The third-order valence-electron chi connectivity index (χ3n) is 5.79. The maximum atomic E-state index is 6.25. The van der Waals surface area contributed by atoms with Crippen LogP contribution in [0.25, 0.3) is 0 Å². The van der Waals surface area contributed by atoms with Gasteiger partial charge in [-0.2, -0.15) is 0 Å². The lowest BCUT2D eigenvalue weighted by Crippen LogP contribution is -2.50. The van der Waals surface area contributed by atoms with Crippen LogP contribution < -0.4 is 5.73 Å². The molecule has 2 fully saturated rings. The van der Waals surface area contributed by atoms with Gasteiger partial charge in [-0.3, -0.25) is 0 Å². The van der Waals surface area contributed by atoms with Gasteiger partial charge in [0.1, 0.15) is 0 Å². The number of rotatable bonds is 4. The summed E-state index contributed by atoms with van der Waals surface area (Å²) in [5.74, 6) is 1.37. The molecule has 2 rings (SSSR count). The Labute approximate surface area is 118 Å². The van der Waals surface area contributed by atoms with Crippen LogP contribution in [0.5, 0.6) is 0 Å². The zero-order valence-corrected chi connectivity index (χ0v) is 13.2. The summed E-state index contributed by atoms with van der Waals surface area (Å²) in [5.41, 5.74) is 6.60. The van der Waals surface area contributed by atoms with E-state index in [9.17, 15) is 0 Å². The molecule has 0 amide bonds. The van der Waals surface area contributed by atoms with Crippen LogP contribution in [0.3, 0.4) is 0 Å². The van der Waals surface area contributed by atoms with Gasteiger partial charge in [0.2, 0.25) is 0 Å². The lowest BCUT2D eigenvalue weighted by Gasteiger charge is -2.48. The van der Waals surface area contributed by atoms with E-state index in [0.717, 1.165) is 19.1 Å². The Bertz CT molecular complexity index is 286. The molecule has 0 aromatic carbocycles. The summed E-state index contributed by atoms with van der Waals surface area (Å²) >= 11 is 0. The average Bonchev–Trinajstić information content (AvgIpc) is 2.83. The minimum absolute atomic E-state index is 0.350. The van der Waals surface area contributed by atoms with E-state index in [2.05, 4.69) is 32.7 Å². The van der Waals surface area contributed by atoms with E-state index in [-0.39, 0.29) is 0 Å². The van der Waals surface area contributed by atoms with E-state index >= 15 is 0 Å². The fourth-order valence-corrected chi connectivity index (χ4v) is 3.85. The lowest BCUT2D eigenvalue weighted by molar-refractivity contribution is 0.0191. The quantitative estimate of drug-likeness (QED) is 0.851. The number of hydrogen-bond acceptors (Lipinski definition) is 3. The van der Waals surface area contributed by atoms with Crippen molar-refractivity contribution in [2.75, 3.05) is 26.7 Å². The van der Waals surface area contributed by atoms with Crippen LogP contribution in [0.4, 0.5) is 0 Å². The first-order valence-electron chi connectivity index (χ1n) is 7.97. The molecule has 0 bridgehead atoms. The van der Waals surface area contributed by atoms with Gasteiger partial charge in [0.25, 0.3) is 0 Å². The highest BCUT2D eigenvalue weighted by molar-refractivity contribution is 4.94. The molecule has 0 aromatic heterocycles. The highest BCUT2D eigenvalue weighted by Crippen LogP contribution is 2.44. The molecular weight excluding hydrogens is 236 g/mol. The summed E-state index contributed by atoms with van der Waals surface area (Å²) in [4.78, 5) is 2.48. The molecule has 19 heavy (non-hydrogen) atoms. The molecule has 1 heterocycles. The highest BCUT2D eigenvalue weighted by Gasteiger charge is 2.41. The van der Waals surface area contributed by atoms with Crippen molar-refractivity contribution in [3.8, 4) is 0 Å². The Kier molecular flexibility index (Phi) is 4.91. The molecule has 3 nitrogen and oxygen atoms in total. The minimum Gasteiger partial charge on any atom is -0.377 e. The van der Waals surface area contributed by atoms with Crippen molar-refractivity contribution in [2.45, 2.75) is 58.6 Å². The molecule has 0 spiro atoms. The monoisotopic (exact) mass is 268 g/mol. The third-order valence-corrected chi connectivity index (χ3v) is 5.79. The topological polar surface area (TPSA) is 38.5 Å². The number of nitrogens with zero attached hydrogens (tertiary/aromatic N) is 1. The Hall–Kier alpha value is -0.120. The highest BCUT2D eigenvalue weighted by atomic mass is 16.5. The van der Waals surface area contributed by atoms with Crippen molar-refractivity contribution < 1.29 is 4.74 Å². The molecule has 2 aliphatic rings. The van der Waals surface area contributed by atoms with Gasteiger partial charge >= 0.3 is 0 Å². The summed E-state index contributed by atoms with van der Waals surface area (Å²) in [5, 5.41) is 0. The van der Waals surface area contributed by atoms with Crippen molar-refractivity contribution in [1.82, 2.24) is 4.90 Å². The Balaban J connectivity index is 1.86. The smallest absolute Gasteiger partial charge is 0.0702 e. The van der Waals surface area contributed by atoms with E-state index < -0.39 is 0 Å². The second kappa shape index (κ2) is 6.11. The molecule has 3 heteroatoms.